The van der Waals surface area contributed by atoms with Gasteiger partial charge < -0.3 is 5.11 Å². The van der Waals surface area contributed by atoms with Gasteiger partial charge in [0, 0.05) is 0 Å². The predicted octanol–water partition coefficient (Wildman–Crippen LogP) is -1.82. The van der Waals surface area contributed by atoms with Gasteiger partial charge >= 0.3 is 14.9 Å². The monoisotopic (exact) mass is 299 g/mol. The molecule has 0 aliphatic rings. The zero-order chi connectivity index (χ0) is 14.2. The van der Waals surface area contributed by atoms with Gasteiger partial charge in [0.2, 0.25) is 25.6 Å². The predicted molar refractivity (Wildman–Crippen MR) is 57.2 cm³/mol. The van der Waals surface area contributed by atoms with E-state index in [0.29, 0.717) is 0 Å². The number of aliphatic hydroxyl groups excluding tert-OH is 1. The van der Waals surface area contributed by atoms with Crippen LogP contribution in [-0.4, -0.2) is 30.7 Å². The molecule has 101 valence electrons. The molecule has 0 atom stereocenters. The van der Waals surface area contributed by atoms with E-state index in [1.165, 1.54) is 0 Å². The van der Waals surface area contributed by atoms with E-state index in [9.17, 15) is 33.4 Å². The van der Waals surface area contributed by atoms with Crippen LogP contribution in [0.25, 0.3) is 0 Å². The molecule has 11 nitrogen and oxygen atoms in total. The number of hydrogen-bond donors (Lipinski definition) is 5. The first kappa shape index (κ1) is 16.3. The van der Waals surface area contributed by atoms with Crippen LogP contribution in [-0.2, 0) is 28.3 Å². The van der Waals surface area contributed by atoms with Crippen molar-refractivity contribution in [1.29, 1.82) is 0 Å². The third-order valence-electron chi connectivity index (χ3n) is 1.50. The highest BCUT2D eigenvalue weighted by Crippen LogP contribution is 2.63. The molecular weight excluding hydrogens is 290 g/mol. The van der Waals surface area contributed by atoms with Gasteiger partial charge in [-0.1, -0.05) is 0 Å². The van der Waals surface area contributed by atoms with Crippen LogP contribution in [0.1, 0.15) is 0 Å². The summed E-state index contributed by atoms with van der Waals surface area (Å²) < 4.78 is 23.7. The first-order valence-electron chi connectivity index (χ1n) is 4.03. The number of aliphatic hydroxyl groups is 1. The topological polar surface area (TPSA) is 171 Å². The Bertz CT molecular complexity index is 360. The quantitative estimate of drug-likeness (QED) is 0.233. The van der Waals surface area contributed by atoms with Gasteiger partial charge in [-0.15, -0.1) is 0 Å². The molecule has 1 radical (unpaired) electrons. The first-order chi connectivity index (χ1) is 8.40. The van der Waals surface area contributed by atoms with Gasteiger partial charge in [0.05, 0.1) is 0 Å². The van der Waals surface area contributed by atoms with Crippen LogP contribution < -0.4 is 20.3 Å². The first-order valence-corrected chi connectivity index (χ1v) is 7.44. The fraction of sp³-hybridized carbons (Fsp3) is 0. The van der Waals surface area contributed by atoms with Crippen molar-refractivity contribution < 1.29 is 33.4 Å². The minimum absolute atomic E-state index is 0.139. The lowest BCUT2D eigenvalue weighted by molar-refractivity contribution is -0.109. The number of rotatable bonds is 10. The van der Waals surface area contributed by atoms with Crippen LogP contribution in [0.5, 0.6) is 0 Å². The Kier molecular flexibility index (Phi) is 6.24. The van der Waals surface area contributed by atoms with E-state index in [4.69, 9.17) is 0 Å². The molecule has 0 aliphatic heterocycles. The average Bonchev–Trinajstić information content (AvgIpc) is 2.29. The van der Waals surface area contributed by atoms with Gasteiger partial charge in [0.1, 0.15) is 0 Å². The van der Waals surface area contributed by atoms with Gasteiger partial charge in [-0.05, 0) is 0 Å². The molecule has 13 heteroatoms. The minimum atomic E-state index is -4.46. The number of carbonyl (C=O) groups is 4. The normalized spacial score (nSPS) is 11.2. The van der Waals surface area contributed by atoms with Gasteiger partial charge in [-0.25, -0.2) is 0 Å². The van der Waals surface area contributed by atoms with Gasteiger partial charge in [-0.2, -0.15) is 0 Å². The Balaban J connectivity index is 5.43. The average molecular weight is 299 g/mol. The summed E-state index contributed by atoms with van der Waals surface area (Å²) in [5, 5.41) is 15.7. The molecule has 0 aromatic carbocycles. The maximum atomic E-state index is 11.9. The summed E-state index contributed by atoms with van der Waals surface area (Å²) in [5.41, 5.74) is -1.48. The summed E-state index contributed by atoms with van der Waals surface area (Å²) in [4.78, 5) is 40.8. The lowest BCUT2D eigenvalue weighted by Crippen LogP contribution is -2.31. The lowest BCUT2D eigenvalue weighted by atomic mass is 11.5. The summed E-state index contributed by atoms with van der Waals surface area (Å²) in [6.07, 6.45) is -0.557. The molecule has 0 aromatic rings. The number of carbonyl (C=O) groups excluding carboxylic acids is 4. The molecule has 0 bridgehead atoms. The molecule has 0 rings (SSSR count). The second kappa shape index (κ2) is 6.90. The molecule has 5 N–H and O–H groups in total. The van der Waals surface area contributed by atoms with Crippen LogP contribution >= 0.6 is 14.9 Å². The van der Waals surface area contributed by atoms with Gasteiger partial charge in [-0.3, -0.25) is 48.7 Å². The van der Waals surface area contributed by atoms with Crippen molar-refractivity contribution in [3.8, 4) is 0 Å². The fourth-order valence-corrected chi connectivity index (χ4v) is 4.28. The maximum absolute atomic E-state index is 11.9. The fourth-order valence-electron chi connectivity index (χ4n) is 0.801. The van der Waals surface area contributed by atoms with Crippen LogP contribution in [0.2, 0.25) is 0 Å². The molecule has 0 fully saturated rings. The Labute approximate surface area is 101 Å². The van der Waals surface area contributed by atoms with Crippen LogP contribution in [0, 0.1) is 5.59 Å². The molecule has 18 heavy (non-hydrogen) atoms. The smallest absolute Gasteiger partial charge is 0.308 e. The highest BCUT2D eigenvalue weighted by molar-refractivity contribution is 7.82. The van der Waals surface area contributed by atoms with Crippen molar-refractivity contribution in [2.75, 3.05) is 0 Å². The highest BCUT2D eigenvalue weighted by Gasteiger charge is 2.47. The van der Waals surface area contributed by atoms with Gasteiger partial charge in [0.15, 0.2) is 0 Å². The summed E-state index contributed by atoms with van der Waals surface area (Å²) in [7, 11) is -8.92. The Hall–Kier alpha value is -1.70. The highest BCUT2D eigenvalue weighted by atomic mass is 31.2. The van der Waals surface area contributed by atoms with E-state index in [-0.39, 0.29) is 25.6 Å². The number of amides is 4. The molecule has 4 amide bonds. The van der Waals surface area contributed by atoms with E-state index in [1.54, 1.807) is 20.3 Å². The summed E-state index contributed by atoms with van der Waals surface area (Å²) in [6.45, 7) is 0. The number of nitrogens with one attached hydrogen (secondary N) is 4. The van der Waals surface area contributed by atoms with Crippen molar-refractivity contribution in [3.05, 3.63) is 5.59 Å². The summed E-state index contributed by atoms with van der Waals surface area (Å²) >= 11 is 0. The zero-order valence-electron chi connectivity index (χ0n) is 8.60. The SMILES string of the molecule is O=CNP(=O)(NC=O)[C](O)P(=O)(NC=O)NC=O. The van der Waals surface area contributed by atoms with Crippen molar-refractivity contribution in [1.82, 2.24) is 20.3 Å². The van der Waals surface area contributed by atoms with Crippen molar-refractivity contribution >= 4 is 40.5 Å². The summed E-state index contributed by atoms with van der Waals surface area (Å²) in [6, 6.07) is 0. The van der Waals surface area contributed by atoms with Crippen LogP contribution in [0.3, 0.4) is 0 Å². The van der Waals surface area contributed by atoms with E-state index in [1.807, 2.05) is 0 Å². The second-order valence-electron chi connectivity index (χ2n) is 2.51. The van der Waals surface area contributed by atoms with E-state index < -0.39 is 20.5 Å². The molecule has 0 aromatic heterocycles. The molecular formula is C5H9N4O7P2. The van der Waals surface area contributed by atoms with Crippen molar-refractivity contribution in [3.63, 3.8) is 0 Å². The maximum Gasteiger partial charge on any atom is 0.308 e. The standard InChI is InChI=1S/C5H9N4O7P2/c10-1-6-17(15,7-2-11)5(14)18(16,8-3-12)9-4-13/h1-4,14H,(H2,6,7,10,11,15)(H2,8,9,12,13,16). The second-order valence-corrected chi connectivity index (χ2v) is 7.18. The third-order valence-corrected chi connectivity index (χ3v) is 6.19. The summed E-state index contributed by atoms with van der Waals surface area (Å²) in [5.74, 6) is 0. The van der Waals surface area contributed by atoms with Crippen molar-refractivity contribution in [2.45, 2.75) is 0 Å². The molecule has 0 saturated carbocycles. The Morgan fingerprint density at radius 2 is 0.944 bits per heavy atom. The van der Waals surface area contributed by atoms with Crippen molar-refractivity contribution in [2.24, 2.45) is 0 Å². The number of hydrogen-bond acceptors (Lipinski definition) is 7. The van der Waals surface area contributed by atoms with Gasteiger partial charge in [0.25, 0.3) is 5.59 Å². The third kappa shape index (κ3) is 3.66. The minimum Gasteiger partial charge on any atom is -0.366 e. The lowest BCUT2D eigenvalue weighted by Gasteiger charge is -2.25. The van der Waals surface area contributed by atoms with E-state index in [0.717, 1.165) is 0 Å². The van der Waals surface area contributed by atoms with Crippen LogP contribution in [0.4, 0.5) is 0 Å². The molecule has 0 aliphatic carbocycles. The Morgan fingerprint density at radius 3 is 1.11 bits per heavy atom. The molecule has 0 spiro atoms. The Morgan fingerprint density at radius 1 is 0.722 bits per heavy atom. The molecule has 0 unspecified atom stereocenters. The largest absolute Gasteiger partial charge is 0.366 e. The zero-order valence-corrected chi connectivity index (χ0v) is 10.4. The molecule has 0 heterocycles. The van der Waals surface area contributed by atoms with Crippen LogP contribution in [0.15, 0.2) is 0 Å². The van der Waals surface area contributed by atoms with E-state index in [2.05, 4.69) is 0 Å². The van der Waals surface area contributed by atoms with E-state index >= 15 is 0 Å². The molecule has 0 saturated heterocycles.